The molecule has 7 aromatic rings. The van der Waals surface area contributed by atoms with E-state index in [9.17, 15) is 0 Å². The summed E-state index contributed by atoms with van der Waals surface area (Å²) in [5.74, 6) is 0. The molecule has 0 N–H and O–H groups in total. The Bertz CT molecular complexity index is 2850. The van der Waals surface area contributed by atoms with E-state index in [1.165, 1.54) is 190 Å². The zero-order valence-corrected chi connectivity index (χ0v) is 39.9. The third-order valence-corrected chi connectivity index (χ3v) is 16.2. The van der Waals surface area contributed by atoms with Gasteiger partial charge in [-0.1, -0.05) is 152 Å². The van der Waals surface area contributed by atoms with Crippen LogP contribution >= 0.6 is 0 Å². The number of benzene rings is 7. The molecule has 0 radical (unpaired) electrons. The SMILES string of the molecule is CCCCCCC1(CCCCCC)c2ccccc2-c2c1cc(-c1ccc3c(c1)C(C)(C)c1cc(N(c4cc(C)c(C)c(C)c4)c4ccc5c(c4)CCCC5)ccc1-3)c1ccccc21. The molecule has 3 aliphatic rings. The fraction of sp³-hybridized carbons (Fsp3) is 0.365. The van der Waals surface area contributed by atoms with Crippen molar-refractivity contribution in [3.63, 3.8) is 0 Å². The Hall–Kier alpha value is -5.40. The third-order valence-electron chi connectivity index (χ3n) is 16.2. The van der Waals surface area contributed by atoms with Gasteiger partial charge in [0.15, 0.2) is 0 Å². The molecule has 0 bridgehead atoms. The van der Waals surface area contributed by atoms with E-state index in [1.54, 1.807) is 11.1 Å². The molecular formula is C63H69N. The molecule has 3 aliphatic carbocycles. The van der Waals surface area contributed by atoms with Crippen LogP contribution in [0.15, 0.2) is 121 Å². The number of hydrogen-bond donors (Lipinski definition) is 0. The zero-order valence-electron chi connectivity index (χ0n) is 39.9. The summed E-state index contributed by atoms with van der Waals surface area (Å²) in [5.41, 5.74) is 25.1. The van der Waals surface area contributed by atoms with Gasteiger partial charge in [-0.25, -0.2) is 0 Å². The van der Waals surface area contributed by atoms with Crippen molar-refractivity contribution in [2.24, 2.45) is 0 Å². The molecule has 0 spiro atoms. The van der Waals surface area contributed by atoms with Crippen LogP contribution in [0, 0.1) is 20.8 Å². The summed E-state index contributed by atoms with van der Waals surface area (Å²) in [7, 11) is 0. The number of fused-ring (bicyclic) bond motifs is 9. The topological polar surface area (TPSA) is 3.24 Å². The lowest BCUT2D eigenvalue weighted by Gasteiger charge is -2.33. The Morgan fingerprint density at radius 1 is 0.469 bits per heavy atom. The summed E-state index contributed by atoms with van der Waals surface area (Å²) in [6.07, 6.45) is 17.7. The molecule has 0 unspecified atom stereocenters. The lowest BCUT2D eigenvalue weighted by Crippen LogP contribution is -2.25. The van der Waals surface area contributed by atoms with E-state index in [-0.39, 0.29) is 10.8 Å². The molecule has 0 fully saturated rings. The number of unbranched alkanes of at least 4 members (excludes halogenated alkanes) is 6. The maximum Gasteiger partial charge on any atom is 0.0467 e. The van der Waals surface area contributed by atoms with Crippen LogP contribution in [-0.4, -0.2) is 0 Å². The van der Waals surface area contributed by atoms with E-state index in [1.807, 2.05) is 0 Å². The summed E-state index contributed by atoms with van der Waals surface area (Å²) in [6, 6.07) is 48.3. The highest BCUT2D eigenvalue weighted by Crippen LogP contribution is 2.58. The van der Waals surface area contributed by atoms with Gasteiger partial charge in [0.05, 0.1) is 0 Å². The Morgan fingerprint density at radius 3 is 1.80 bits per heavy atom. The molecule has 0 atom stereocenters. The van der Waals surface area contributed by atoms with Crippen molar-refractivity contribution in [1.29, 1.82) is 0 Å². The molecule has 1 nitrogen and oxygen atoms in total. The van der Waals surface area contributed by atoms with Crippen LogP contribution < -0.4 is 4.90 Å². The van der Waals surface area contributed by atoms with E-state index in [0.717, 1.165) is 0 Å². The first-order valence-electron chi connectivity index (χ1n) is 25.1. The number of rotatable bonds is 14. The summed E-state index contributed by atoms with van der Waals surface area (Å²) < 4.78 is 0. The molecule has 0 amide bonds. The first kappa shape index (κ1) is 42.5. The second kappa shape index (κ2) is 17.2. The molecule has 1 heteroatoms. The highest BCUT2D eigenvalue weighted by molar-refractivity contribution is 6.09. The number of nitrogens with zero attached hydrogens (tertiary/aromatic N) is 1. The number of aryl methyl sites for hydroxylation is 4. The summed E-state index contributed by atoms with van der Waals surface area (Å²) >= 11 is 0. The lowest BCUT2D eigenvalue weighted by atomic mass is 9.70. The van der Waals surface area contributed by atoms with Gasteiger partial charge in [0.1, 0.15) is 0 Å². The predicted molar refractivity (Wildman–Crippen MR) is 276 cm³/mol. The first-order chi connectivity index (χ1) is 31.1. The van der Waals surface area contributed by atoms with E-state index >= 15 is 0 Å². The van der Waals surface area contributed by atoms with E-state index in [2.05, 4.69) is 175 Å². The minimum absolute atomic E-state index is 0.0350. The Kier molecular flexibility index (Phi) is 11.4. The molecule has 326 valence electrons. The third kappa shape index (κ3) is 7.13. The van der Waals surface area contributed by atoms with Crippen LogP contribution in [0.2, 0.25) is 0 Å². The quantitative estimate of drug-likeness (QED) is 0.0986. The van der Waals surface area contributed by atoms with Crippen molar-refractivity contribution in [1.82, 2.24) is 0 Å². The van der Waals surface area contributed by atoms with Crippen LogP contribution in [-0.2, 0) is 23.7 Å². The average molecular weight is 840 g/mol. The van der Waals surface area contributed by atoms with E-state index in [4.69, 9.17) is 0 Å². The standard InChI is InChI=1S/C63H69N/c1-8-10-12-20-34-63(35-21-13-11-9-2)57-27-19-18-26-55(57)61-54-25-17-16-24-51(54)56(41-60(61)63)47-29-32-52-53-33-31-49(40-59(53)62(6,7)58(52)39-47)64(50-36-42(3)44(5)43(4)37-50)48-30-28-45-22-14-15-23-46(45)38-48/h16-19,24-33,36-41H,8-15,20-23,34-35H2,1-7H3. The Morgan fingerprint density at radius 2 is 1.08 bits per heavy atom. The summed E-state index contributed by atoms with van der Waals surface area (Å²) in [5, 5.41) is 2.77. The predicted octanol–water partition coefficient (Wildman–Crippen LogP) is 18.3. The van der Waals surface area contributed by atoms with Crippen molar-refractivity contribution in [2.45, 2.75) is 149 Å². The van der Waals surface area contributed by atoms with Crippen molar-refractivity contribution in [2.75, 3.05) is 4.90 Å². The minimum atomic E-state index is -0.178. The van der Waals surface area contributed by atoms with Gasteiger partial charge in [-0.3, -0.25) is 0 Å². The van der Waals surface area contributed by atoms with Crippen LogP contribution in [0.25, 0.3) is 44.2 Å². The molecule has 0 saturated heterocycles. The molecule has 0 aliphatic heterocycles. The number of hydrogen-bond acceptors (Lipinski definition) is 1. The van der Waals surface area contributed by atoms with Gasteiger partial charge in [0, 0.05) is 27.9 Å². The van der Waals surface area contributed by atoms with Gasteiger partial charge in [0.25, 0.3) is 0 Å². The van der Waals surface area contributed by atoms with Gasteiger partial charge in [-0.05, 0) is 202 Å². The fourth-order valence-electron chi connectivity index (χ4n) is 12.4. The largest absolute Gasteiger partial charge is 0.310 e. The van der Waals surface area contributed by atoms with Gasteiger partial charge >= 0.3 is 0 Å². The van der Waals surface area contributed by atoms with Crippen molar-refractivity contribution >= 4 is 27.8 Å². The summed E-state index contributed by atoms with van der Waals surface area (Å²) in [4.78, 5) is 2.53. The van der Waals surface area contributed by atoms with Crippen molar-refractivity contribution in [3.8, 4) is 33.4 Å². The van der Waals surface area contributed by atoms with E-state index < -0.39 is 0 Å². The minimum Gasteiger partial charge on any atom is -0.310 e. The van der Waals surface area contributed by atoms with Gasteiger partial charge in [-0.2, -0.15) is 0 Å². The monoisotopic (exact) mass is 840 g/mol. The maximum absolute atomic E-state index is 2.67. The molecule has 10 rings (SSSR count). The van der Waals surface area contributed by atoms with Crippen LogP contribution in [0.3, 0.4) is 0 Å². The smallest absolute Gasteiger partial charge is 0.0467 e. The Labute approximate surface area is 385 Å². The van der Waals surface area contributed by atoms with Gasteiger partial charge in [0.2, 0.25) is 0 Å². The van der Waals surface area contributed by atoms with Crippen LogP contribution in [0.1, 0.15) is 155 Å². The summed E-state index contributed by atoms with van der Waals surface area (Å²) in [6.45, 7) is 16.4. The van der Waals surface area contributed by atoms with Crippen molar-refractivity contribution < 1.29 is 0 Å². The molecule has 7 aromatic carbocycles. The Balaban J connectivity index is 1.09. The molecule has 0 saturated carbocycles. The highest BCUT2D eigenvalue weighted by atomic mass is 15.1. The zero-order chi connectivity index (χ0) is 44.2. The fourth-order valence-corrected chi connectivity index (χ4v) is 12.4. The van der Waals surface area contributed by atoms with Crippen molar-refractivity contribution in [3.05, 3.63) is 171 Å². The molecule has 0 aromatic heterocycles. The van der Waals surface area contributed by atoms with Gasteiger partial charge in [-0.15, -0.1) is 0 Å². The highest BCUT2D eigenvalue weighted by Gasteiger charge is 2.44. The first-order valence-corrected chi connectivity index (χ1v) is 25.1. The van der Waals surface area contributed by atoms with E-state index in [0.29, 0.717) is 0 Å². The second-order valence-electron chi connectivity index (χ2n) is 20.5. The second-order valence-corrected chi connectivity index (χ2v) is 20.5. The normalized spacial score (nSPS) is 15.1. The maximum atomic E-state index is 2.67. The average Bonchev–Trinajstić information content (AvgIpc) is 3.72. The lowest BCUT2D eigenvalue weighted by molar-refractivity contribution is 0.401. The molecule has 64 heavy (non-hydrogen) atoms. The molecule has 0 heterocycles. The van der Waals surface area contributed by atoms with Crippen LogP contribution in [0.4, 0.5) is 17.1 Å². The van der Waals surface area contributed by atoms with Gasteiger partial charge < -0.3 is 4.90 Å². The number of anilines is 3. The molecular weight excluding hydrogens is 771 g/mol. The van der Waals surface area contributed by atoms with Crippen LogP contribution in [0.5, 0.6) is 0 Å².